The van der Waals surface area contributed by atoms with Crippen LogP contribution in [0.2, 0.25) is 0 Å². The zero-order valence-corrected chi connectivity index (χ0v) is 41.8. The molecule has 0 saturated carbocycles. The van der Waals surface area contributed by atoms with Crippen LogP contribution in [-0.4, -0.2) is 9.55 Å². The van der Waals surface area contributed by atoms with E-state index in [1.54, 1.807) is 0 Å². The van der Waals surface area contributed by atoms with Crippen molar-refractivity contribution in [1.82, 2.24) is 9.55 Å². The number of pyridine rings is 1. The van der Waals surface area contributed by atoms with E-state index in [9.17, 15) is 0 Å². The Morgan fingerprint density at radius 1 is 0.508 bits per heavy atom. The molecule has 0 unspecified atom stereocenters. The van der Waals surface area contributed by atoms with Crippen molar-refractivity contribution < 1.29 is 25.8 Å². The maximum absolute atomic E-state index is 6.91. The summed E-state index contributed by atoms with van der Waals surface area (Å²) in [5.74, 6) is 2.07. The second-order valence-corrected chi connectivity index (χ2v) is 20.9. The van der Waals surface area contributed by atoms with Crippen molar-refractivity contribution in [2.24, 2.45) is 0 Å². The van der Waals surface area contributed by atoms with Crippen LogP contribution >= 0.6 is 0 Å². The van der Waals surface area contributed by atoms with Crippen molar-refractivity contribution in [3.63, 3.8) is 0 Å². The van der Waals surface area contributed by atoms with Crippen LogP contribution in [0.15, 0.2) is 152 Å². The quantitative estimate of drug-likeness (QED) is 0.142. The van der Waals surface area contributed by atoms with Crippen LogP contribution in [0.3, 0.4) is 0 Å². The van der Waals surface area contributed by atoms with E-state index in [2.05, 4.69) is 249 Å². The molecular formula is C59H59N4OPt-3. The van der Waals surface area contributed by atoms with Gasteiger partial charge in [0.25, 0.3) is 0 Å². The molecule has 65 heavy (non-hydrogen) atoms. The van der Waals surface area contributed by atoms with Crippen LogP contribution in [0.25, 0.3) is 38.8 Å². The Bertz CT molecular complexity index is 3030. The molecule has 0 N–H and O–H groups in total. The molecule has 5 nitrogen and oxygen atoms in total. The minimum Gasteiger partial charge on any atom is -0.509 e. The Balaban J connectivity index is 0.00000576. The molecule has 1 aliphatic rings. The number of benzene rings is 6. The number of rotatable bonds is 8. The third-order valence-corrected chi connectivity index (χ3v) is 12.7. The summed E-state index contributed by atoms with van der Waals surface area (Å²) in [5.41, 5.74) is 12.0. The normalized spacial score (nSPS) is 13.5. The molecule has 0 radical (unpaired) electrons. The molecule has 6 heteroatoms. The van der Waals surface area contributed by atoms with Gasteiger partial charge in [-0.3, -0.25) is 0 Å². The van der Waals surface area contributed by atoms with Crippen LogP contribution < -0.4 is 14.5 Å². The van der Waals surface area contributed by atoms with Crippen LogP contribution in [-0.2, 0) is 42.7 Å². The van der Waals surface area contributed by atoms with Crippen LogP contribution in [0.1, 0.15) is 104 Å². The van der Waals surface area contributed by atoms with Gasteiger partial charge >= 0.3 is 0 Å². The molecule has 0 fully saturated rings. The number of fused-ring (bicyclic) bond motifs is 3. The molecule has 0 aliphatic carbocycles. The van der Waals surface area contributed by atoms with Gasteiger partial charge in [0.2, 0.25) is 0 Å². The van der Waals surface area contributed by atoms with Crippen molar-refractivity contribution in [3.8, 4) is 28.4 Å². The van der Waals surface area contributed by atoms with Crippen LogP contribution in [0.4, 0.5) is 11.4 Å². The maximum Gasteiger partial charge on any atom is 0.135 e. The number of nitrogens with zero attached hydrogens (tertiary/aromatic N) is 4. The van der Waals surface area contributed by atoms with Crippen molar-refractivity contribution >= 4 is 33.2 Å². The topological polar surface area (TPSA) is 33.5 Å². The predicted octanol–water partition coefficient (Wildman–Crippen LogP) is 15.4. The first kappa shape index (κ1) is 45.7. The van der Waals surface area contributed by atoms with Crippen molar-refractivity contribution in [1.29, 1.82) is 0 Å². The van der Waals surface area contributed by atoms with E-state index in [1.807, 2.05) is 12.3 Å². The summed E-state index contributed by atoms with van der Waals surface area (Å²) in [4.78, 5) is 9.27. The minimum atomic E-state index is -0.341. The van der Waals surface area contributed by atoms with E-state index in [0.29, 0.717) is 11.5 Å². The number of ether oxygens (including phenoxy) is 1. The van der Waals surface area contributed by atoms with Gasteiger partial charge in [-0.05, 0) is 103 Å². The zero-order valence-electron chi connectivity index (χ0n) is 39.5. The summed E-state index contributed by atoms with van der Waals surface area (Å²) >= 11 is 0. The first-order chi connectivity index (χ1) is 30.3. The van der Waals surface area contributed by atoms with Gasteiger partial charge in [-0.15, -0.1) is 53.6 Å². The molecule has 1 aliphatic heterocycles. The van der Waals surface area contributed by atoms with Gasteiger partial charge in [0.1, 0.15) is 5.82 Å². The van der Waals surface area contributed by atoms with E-state index < -0.39 is 0 Å². The number of aromatic nitrogens is 2. The first-order valence-corrected chi connectivity index (χ1v) is 22.4. The molecular weight excluding hydrogens is 976 g/mol. The fraction of sp³-hybridized carbons (Fsp3) is 0.254. The first-order valence-electron chi connectivity index (χ1n) is 22.4. The summed E-state index contributed by atoms with van der Waals surface area (Å²) in [6, 6.07) is 55.3. The van der Waals surface area contributed by atoms with Gasteiger partial charge in [-0.2, -0.15) is 6.07 Å². The molecule has 6 aromatic carbocycles. The summed E-state index contributed by atoms with van der Waals surface area (Å²) in [6.45, 7) is 27.0. The predicted molar refractivity (Wildman–Crippen MR) is 268 cm³/mol. The molecule has 3 heterocycles. The van der Waals surface area contributed by atoms with Crippen molar-refractivity contribution in [3.05, 3.63) is 199 Å². The third kappa shape index (κ3) is 9.18. The Labute approximate surface area is 401 Å². The summed E-state index contributed by atoms with van der Waals surface area (Å²) in [6.07, 6.45) is 6.14. The number of hydrogen-bond acceptors (Lipinski definition) is 4. The van der Waals surface area contributed by atoms with E-state index in [-0.39, 0.29) is 42.7 Å². The second-order valence-electron chi connectivity index (χ2n) is 20.9. The molecule has 2 aromatic heterocycles. The fourth-order valence-electron chi connectivity index (χ4n) is 8.56. The molecule has 0 atom stereocenters. The van der Waals surface area contributed by atoms with E-state index in [1.165, 1.54) is 38.8 Å². The van der Waals surface area contributed by atoms with Gasteiger partial charge in [0, 0.05) is 50.0 Å². The van der Waals surface area contributed by atoms with Crippen LogP contribution in [0, 0.1) is 18.8 Å². The molecule has 0 bridgehead atoms. The second kappa shape index (κ2) is 17.1. The largest absolute Gasteiger partial charge is 0.509 e. The number of hydrogen-bond donors (Lipinski definition) is 0. The van der Waals surface area contributed by atoms with E-state index >= 15 is 0 Å². The Hall–Kier alpha value is -5.90. The minimum absolute atomic E-state index is 0. The van der Waals surface area contributed by atoms with Crippen LogP contribution in [0.5, 0.6) is 11.5 Å². The summed E-state index contributed by atoms with van der Waals surface area (Å²) in [5, 5.41) is 2.27. The SMILES string of the molecule is CC(C)(C)c1cc(-c2ccccc2)cc(N2C=CN(c3[c-]c(Oc4[c-]c5c(cc4)c4cc(C(C)(C)C)ccc4n5-c4cc(C(C)(C)C)ccn4)cc(C(C)(C)c4ccccc4)c3)[CH-]2)c1.[Pt]. The van der Waals surface area contributed by atoms with Crippen molar-refractivity contribution in [2.45, 2.75) is 97.8 Å². The van der Waals surface area contributed by atoms with Gasteiger partial charge in [0.15, 0.2) is 0 Å². The molecule has 0 amide bonds. The Morgan fingerprint density at radius 3 is 1.86 bits per heavy atom. The van der Waals surface area contributed by atoms with Gasteiger partial charge < -0.3 is 19.1 Å². The molecule has 0 spiro atoms. The molecule has 9 rings (SSSR count). The van der Waals surface area contributed by atoms with Gasteiger partial charge in [0.05, 0.1) is 0 Å². The average Bonchev–Trinajstić information content (AvgIpc) is 3.89. The monoisotopic (exact) mass is 1030 g/mol. The molecule has 0 saturated heterocycles. The van der Waals surface area contributed by atoms with E-state index in [0.717, 1.165) is 39.2 Å². The Morgan fingerprint density at radius 2 is 1.17 bits per heavy atom. The van der Waals surface area contributed by atoms with Gasteiger partial charge in [-0.1, -0.05) is 161 Å². The van der Waals surface area contributed by atoms with E-state index in [4.69, 9.17) is 9.72 Å². The number of anilines is 2. The molecule has 334 valence electrons. The zero-order chi connectivity index (χ0) is 45.2. The smallest absolute Gasteiger partial charge is 0.135 e. The van der Waals surface area contributed by atoms with Gasteiger partial charge in [-0.25, -0.2) is 4.98 Å². The maximum atomic E-state index is 6.91. The average molecular weight is 1040 g/mol. The molecule has 8 aromatic rings. The van der Waals surface area contributed by atoms with Crippen molar-refractivity contribution in [2.75, 3.05) is 9.80 Å². The fourth-order valence-corrected chi connectivity index (χ4v) is 8.56. The third-order valence-electron chi connectivity index (χ3n) is 12.7. The standard InChI is InChI=1S/C59H59N4O.Pt/c1-56(2,3)43-22-25-53-52(35-43)51-24-23-49(38-54(51)63(53)55-36-44(26-27-60-55)57(4,5)6)64-50-34-46(59(10,11)42-20-16-13-17-21-42)33-48(37-50)62-29-28-61(39-62)47-31-41(40-18-14-12-15-19-40)30-45(32-47)58(7,8)9;/h12-36,39H,1-11H3;/q-3;. The summed E-state index contributed by atoms with van der Waals surface area (Å²) in [7, 11) is 0. The summed E-state index contributed by atoms with van der Waals surface area (Å²) < 4.78 is 9.14. The Kier molecular flexibility index (Phi) is 12.0.